The second-order valence-corrected chi connectivity index (χ2v) is 4.96. The third kappa shape index (κ3) is 4.26. The molecule has 1 rings (SSSR count). The molecule has 0 radical (unpaired) electrons. The van der Waals surface area contributed by atoms with E-state index in [1.54, 1.807) is 6.07 Å². The Bertz CT molecular complexity index is 382. The standard InChI is InChI=1S/C12H16F3NO/c1-11(2,3)10(16)8-5-4-6-9(7-8)17-12(13,14)15/h4-7,10H,16H2,1-3H3. The molecule has 0 saturated carbocycles. The summed E-state index contributed by atoms with van der Waals surface area (Å²) in [6, 6.07) is 5.43. The maximum Gasteiger partial charge on any atom is 0.573 e. The maximum absolute atomic E-state index is 12.1. The van der Waals surface area contributed by atoms with Crippen LogP contribution in [0.3, 0.4) is 0 Å². The molecule has 96 valence electrons. The van der Waals surface area contributed by atoms with E-state index in [-0.39, 0.29) is 17.2 Å². The van der Waals surface area contributed by atoms with E-state index in [0.717, 1.165) is 0 Å². The number of rotatable bonds is 2. The van der Waals surface area contributed by atoms with Gasteiger partial charge in [0.15, 0.2) is 0 Å². The third-order valence-corrected chi connectivity index (χ3v) is 2.38. The van der Waals surface area contributed by atoms with Crippen LogP contribution in [-0.4, -0.2) is 6.36 Å². The molecule has 1 aromatic rings. The van der Waals surface area contributed by atoms with Gasteiger partial charge in [-0.25, -0.2) is 0 Å². The van der Waals surface area contributed by atoms with E-state index in [2.05, 4.69) is 4.74 Å². The molecule has 1 aromatic carbocycles. The number of ether oxygens (including phenoxy) is 1. The average molecular weight is 247 g/mol. The van der Waals surface area contributed by atoms with E-state index < -0.39 is 6.36 Å². The van der Waals surface area contributed by atoms with Gasteiger partial charge in [0.1, 0.15) is 5.75 Å². The van der Waals surface area contributed by atoms with Gasteiger partial charge in [0.25, 0.3) is 0 Å². The Kier molecular flexibility index (Phi) is 3.71. The molecule has 0 aliphatic heterocycles. The number of benzene rings is 1. The number of alkyl halides is 3. The molecule has 0 aromatic heterocycles. The van der Waals surface area contributed by atoms with Gasteiger partial charge in [-0.05, 0) is 23.1 Å². The summed E-state index contributed by atoms with van der Waals surface area (Å²) in [5.41, 5.74) is 6.37. The van der Waals surface area contributed by atoms with Crippen LogP contribution in [0.5, 0.6) is 5.75 Å². The van der Waals surface area contributed by atoms with Gasteiger partial charge in [0, 0.05) is 6.04 Å². The summed E-state index contributed by atoms with van der Waals surface area (Å²) in [4.78, 5) is 0. The first-order chi connectivity index (χ1) is 7.59. The highest BCUT2D eigenvalue weighted by atomic mass is 19.4. The van der Waals surface area contributed by atoms with E-state index in [1.165, 1.54) is 18.2 Å². The lowest BCUT2D eigenvalue weighted by Crippen LogP contribution is -2.26. The van der Waals surface area contributed by atoms with Crippen LogP contribution in [0.15, 0.2) is 24.3 Å². The highest BCUT2D eigenvalue weighted by Crippen LogP contribution is 2.32. The van der Waals surface area contributed by atoms with Crippen molar-refractivity contribution < 1.29 is 17.9 Å². The molecule has 0 aliphatic carbocycles. The minimum Gasteiger partial charge on any atom is -0.406 e. The van der Waals surface area contributed by atoms with Gasteiger partial charge >= 0.3 is 6.36 Å². The number of nitrogens with two attached hydrogens (primary N) is 1. The predicted octanol–water partition coefficient (Wildman–Crippen LogP) is 3.63. The van der Waals surface area contributed by atoms with Gasteiger partial charge in [0.2, 0.25) is 0 Å². The molecule has 0 heterocycles. The fourth-order valence-electron chi connectivity index (χ4n) is 1.41. The minimum absolute atomic E-state index is 0.225. The quantitative estimate of drug-likeness (QED) is 0.866. The van der Waals surface area contributed by atoms with Crippen molar-refractivity contribution in [2.45, 2.75) is 33.2 Å². The second kappa shape index (κ2) is 4.56. The molecular formula is C12H16F3NO. The zero-order valence-electron chi connectivity index (χ0n) is 10.0. The first-order valence-electron chi connectivity index (χ1n) is 5.21. The number of halogens is 3. The van der Waals surface area contributed by atoms with Gasteiger partial charge in [-0.2, -0.15) is 0 Å². The van der Waals surface area contributed by atoms with Crippen molar-refractivity contribution in [2.24, 2.45) is 11.1 Å². The molecule has 0 spiro atoms. The molecule has 0 bridgehead atoms. The maximum atomic E-state index is 12.1. The molecular weight excluding hydrogens is 231 g/mol. The van der Waals surface area contributed by atoms with Gasteiger partial charge in [-0.3, -0.25) is 0 Å². The van der Waals surface area contributed by atoms with Gasteiger partial charge in [-0.1, -0.05) is 32.9 Å². The number of hydrogen-bond donors (Lipinski definition) is 1. The van der Waals surface area contributed by atoms with Crippen LogP contribution >= 0.6 is 0 Å². The Balaban J connectivity index is 2.94. The summed E-state index contributed by atoms with van der Waals surface area (Å²) in [5, 5.41) is 0. The average Bonchev–Trinajstić information content (AvgIpc) is 2.12. The summed E-state index contributed by atoms with van der Waals surface area (Å²) >= 11 is 0. The molecule has 2 N–H and O–H groups in total. The van der Waals surface area contributed by atoms with Gasteiger partial charge in [0.05, 0.1) is 0 Å². The SMILES string of the molecule is CC(C)(C)C(N)c1cccc(OC(F)(F)F)c1. The molecule has 0 amide bonds. The summed E-state index contributed by atoms with van der Waals surface area (Å²) in [5.74, 6) is -0.241. The van der Waals surface area contributed by atoms with Crippen LogP contribution in [0, 0.1) is 5.41 Å². The predicted molar refractivity (Wildman–Crippen MR) is 59.5 cm³/mol. The van der Waals surface area contributed by atoms with Crippen molar-refractivity contribution in [1.82, 2.24) is 0 Å². The summed E-state index contributed by atoms with van der Waals surface area (Å²) in [6.45, 7) is 5.78. The molecule has 0 fully saturated rings. The van der Waals surface area contributed by atoms with E-state index in [9.17, 15) is 13.2 Å². The Labute approximate surface area is 98.6 Å². The van der Waals surface area contributed by atoms with Gasteiger partial charge < -0.3 is 10.5 Å². The topological polar surface area (TPSA) is 35.2 Å². The molecule has 17 heavy (non-hydrogen) atoms. The number of hydrogen-bond acceptors (Lipinski definition) is 2. The van der Waals surface area contributed by atoms with Gasteiger partial charge in [-0.15, -0.1) is 13.2 Å². The normalized spacial score (nSPS) is 14.5. The fourth-order valence-corrected chi connectivity index (χ4v) is 1.41. The zero-order chi connectivity index (χ0) is 13.3. The Morgan fingerprint density at radius 3 is 2.24 bits per heavy atom. The molecule has 1 unspecified atom stereocenters. The van der Waals surface area contributed by atoms with E-state index >= 15 is 0 Å². The van der Waals surface area contributed by atoms with Crippen LogP contribution in [0.25, 0.3) is 0 Å². The van der Waals surface area contributed by atoms with Crippen molar-refractivity contribution in [1.29, 1.82) is 0 Å². The van der Waals surface area contributed by atoms with Crippen molar-refractivity contribution in [2.75, 3.05) is 0 Å². The largest absolute Gasteiger partial charge is 0.573 e. The van der Waals surface area contributed by atoms with Crippen LogP contribution in [0.1, 0.15) is 32.4 Å². The molecule has 0 saturated heterocycles. The lowest BCUT2D eigenvalue weighted by Gasteiger charge is -2.27. The minimum atomic E-state index is -4.68. The second-order valence-electron chi connectivity index (χ2n) is 4.96. The highest BCUT2D eigenvalue weighted by molar-refractivity contribution is 5.31. The summed E-state index contributed by atoms with van der Waals surface area (Å²) in [7, 11) is 0. The Morgan fingerprint density at radius 1 is 1.18 bits per heavy atom. The molecule has 0 aliphatic rings. The zero-order valence-corrected chi connectivity index (χ0v) is 10.0. The summed E-state index contributed by atoms with van der Waals surface area (Å²) in [6.07, 6.45) is -4.68. The van der Waals surface area contributed by atoms with Crippen molar-refractivity contribution >= 4 is 0 Å². The summed E-state index contributed by atoms with van der Waals surface area (Å²) < 4.78 is 40.0. The lowest BCUT2D eigenvalue weighted by molar-refractivity contribution is -0.274. The molecule has 2 nitrogen and oxygen atoms in total. The van der Waals surface area contributed by atoms with Crippen LogP contribution in [-0.2, 0) is 0 Å². The first kappa shape index (κ1) is 13.8. The Hall–Kier alpha value is -1.23. The van der Waals surface area contributed by atoms with E-state index in [0.29, 0.717) is 5.56 Å². The van der Waals surface area contributed by atoms with Crippen LogP contribution in [0.4, 0.5) is 13.2 Å². The van der Waals surface area contributed by atoms with E-state index in [4.69, 9.17) is 5.73 Å². The third-order valence-electron chi connectivity index (χ3n) is 2.38. The van der Waals surface area contributed by atoms with Crippen LogP contribution in [0.2, 0.25) is 0 Å². The van der Waals surface area contributed by atoms with Crippen LogP contribution < -0.4 is 10.5 Å². The highest BCUT2D eigenvalue weighted by Gasteiger charge is 2.31. The monoisotopic (exact) mass is 247 g/mol. The van der Waals surface area contributed by atoms with E-state index in [1.807, 2.05) is 20.8 Å². The first-order valence-corrected chi connectivity index (χ1v) is 5.21. The smallest absolute Gasteiger partial charge is 0.406 e. The van der Waals surface area contributed by atoms with Crippen molar-refractivity contribution in [3.05, 3.63) is 29.8 Å². The molecule has 1 atom stereocenters. The lowest BCUT2D eigenvalue weighted by atomic mass is 9.83. The van der Waals surface area contributed by atoms with Crippen molar-refractivity contribution in [3.63, 3.8) is 0 Å². The fraction of sp³-hybridized carbons (Fsp3) is 0.500. The molecule has 5 heteroatoms. The van der Waals surface area contributed by atoms with Crippen molar-refractivity contribution in [3.8, 4) is 5.75 Å². The Morgan fingerprint density at radius 2 is 1.76 bits per heavy atom.